The Labute approximate surface area is 119 Å². The lowest BCUT2D eigenvalue weighted by Crippen LogP contribution is -2.23. The molecular formula is C12H9ClF2N2O2S. The SMILES string of the molecule is O=S(=O)(NCc1ccc(F)cc1F)c1ccnc(Cl)c1. The summed E-state index contributed by atoms with van der Waals surface area (Å²) in [6, 6.07) is 5.34. The Morgan fingerprint density at radius 1 is 1.20 bits per heavy atom. The van der Waals surface area contributed by atoms with Crippen LogP contribution in [0.25, 0.3) is 0 Å². The van der Waals surface area contributed by atoms with Crippen molar-refractivity contribution >= 4 is 21.6 Å². The lowest BCUT2D eigenvalue weighted by Gasteiger charge is -2.07. The van der Waals surface area contributed by atoms with E-state index < -0.39 is 21.7 Å². The number of nitrogens with zero attached hydrogens (tertiary/aromatic N) is 1. The van der Waals surface area contributed by atoms with E-state index in [-0.39, 0.29) is 22.2 Å². The zero-order chi connectivity index (χ0) is 14.8. The first-order chi connectivity index (χ1) is 9.38. The van der Waals surface area contributed by atoms with E-state index in [0.717, 1.165) is 6.07 Å². The normalized spacial score (nSPS) is 11.6. The molecule has 1 heterocycles. The average molecular weight is 319 g/mol. The molecule has 0 aliphatic rings. The zero-order valence-electron chi connectivity index (χ0n) is 9.98. The first-order valence-corrected chi connectivity index (χ1v) is 7.30. The Bertz CT molecular complexity index is 738. The summed E-state index contributed by atoms with van der Waals surface area (Å²) < 4.78 is 52.2. The van der Waals surface area contributed by atoms with Crippen LogP contribution in [-0.4, -0.2) is 13.4 Å². The highest BCUT2D eigenvalue weighted by Gasteiger charge is 2.15. The maximum Gasteiger partial charge on any atom is 0.241 e. The van der Waals surface area contributed by atoms with E-state index in [4.69, 9.17) is 11.6 Å². The van der Waals surface area contributed by atoms with Crippen molar-refractivity contribution in [3.63, 3.8) is 0 Å². The number of aromatic nitrogens is 1. The van der Waals surface area contributed by atoms with Gasteiger partial charge < -0.3 is 0 Å². The summed E-state index contributed by atoms with van der Waals surface area (Å²) in [5.41, 5.74) is 0.0372. The van der Waals surface area contributed by atoms with Gasteiger partial charge in [-0.2, -0.15) is 0 Å². The molecule has 0 atom stereocenters. The van der Waals surface area contributed by atoms with Crippen LogP contribution in [0.3, 0.4) is 0 Å². The quantitative estimate of drug-likeness (QED) is 0.881. The molecule has 8 heteroatoms. The van der Waals surface area contributed by atoms with E-state index in [1.165, 1.54) is 24.4 Å². The second-order valence-corrected chi connectivity index (χ2v) is 6.03. The van der Waals surface area contributed by atoms with E-state index in [1.807, 2.05) is 0 Å². The lowest BCUT2D eigenvalue weighted by molar-refractivity contribution is 0.562. The highest BCUT2D eigenvalue weighted by Crippen LogP contribution is 2.14. The van der Waals surface area contributed by atoms with Crippen LogP contribution in [0, 0.1) is 11.6 Å². The van der Waals surface area contributed by atoms with E-state index in [1.54, 1.807) is 0 Å². The van der Waals surface area contributed by atoms with Crippen LogP contribution >= 0.6 is 11.6 Å². The minimum atomic E-state index is -3.84. The van der Waals surface area contributed by atoms with Gasteiger partial charge in [0.1, 0.15) is 16.8 Å². The molecule has 0 saturated heterocycles. The molecule has 2 aromatic rings. The Morgan fingerprint density at radius 3 is 2.60 bits per heavy atom. The summed E-state index contributed by atoms with van der Waals surface area (Å²) in [6.45, 7) is -0.297. The van der Waals surface area contributed by atoms with Gasteiger partial charge in [0, 0.05) is 24.4 Å². The number of halogens is 3. The van der Waals surface area contributed by atoms with E-state index >= 15 is 0 Å². The molecule has 0 bridgehead atoms. The Kier molecular flexibility index (Phi) is 4.32. The van der Waals surface area contributed by atoms with Gasteiger partial charge in [0.25, 0.3) is 0 Å². The molecule has 0 unspecified atom stereocenters. The minimum absolute atomic E-state index is 0.0286. The summed E-state index contributed by atoms with van der Waals surface area (Å²) in [5, 5.41) is 0.0286. The van der Waals surface area contributed by atoms with Crippen LogP contribution in [0.2, 0.25) is 5.15 Å². The summed E-state index contributed by atoms with van der Waals surface area (Å²) in [6.07, 6.45) is 1.25. The van der Waals surface area contributed by atoms with E-state index in [0.29, 0.717) is 6.07 Å². The molecule has 0 amide bonds. The fourth-order valence-corrected chi connectivity index (χ4v) is 2.73. The van der Waals surface area contributed by atoms with Crippen molar-refractivity contribution in [3.05, 3.63) is 58.9 Å². The highest BCUT2D eigenvalue weighted by molar-refractivity contribution is 7.89. The fraction of sp³-hybridized carbons (Fsp3) is 0.0833. The number of pyridine rings is 1. The van der Waals surface area contributed by atoms with Crippen molar-refractivity contribution in [2.45, 2.75) is 11.4 Å². The molecule has 1 aromatic heterocycles. The van der Waals surface area contributed by atoms with Crippen LogP contribution in [-0.2, 0) is 16.6 Å². The molecule has 0 fully saturated rings. The van der Waals surface area contributed by atoms with E-state index in [9.17, 15) is 17.2 Å². The topological polar surface area (TPSA) is 59.1 Å². The third-order valence-electron chi connectivity index (χ3n) is 2.48. The minimum Gasteiger partial charge on any atom is -0.244 e. The maximum atomic E-state index is 13.4. The second-order valence-electron chi connectivity index (χ2n) is 3.87. The maximum absolute atomic E-state index is 13.4. The molecule has 0 radical (unpaired) electrons. The van der Waals surface area contributed by atoms with Crippen LogP contribution in [0.1, 0.15) is 5.56 Å². The van der Waals surface area contributed by atoms with Crippen LogP contribution in [0.5, 0.6) is 0 Å². The molecule has 0 aliphatic carbocycles. The average Bonchev–Trinajstić information content (AvgIpc) is 2.37. The molecule has 20 heavy (non-hydrogen) atoms. The second kappa shape index (κ2) is 5.82. The van der Waals surface area contributed by atoms with Crippen molar-refractivity contribution < 1.29 is 17.2 Å². The predicted octanol–water partition coefficient (Wildman–Crippen LogP) is 2.49. The molecule has 1 N–H and O–H groups in total. The largest absolute Gasteiger partial charge is 0.244 e. The number of rotatable bonds is 4. The van der Waals surface area contributed by atoms with E-state index in [2.05, 4.69) is 9.71 Å². The van der Waals surface area contributed by atoms with Crippen LogP contribution < -0.4 is 4.72 Å². The summed E-state index contributed by atoms with van der Waals surface area (Å²) in [5.74, 6) is -1.55. The van der Waals surface area contributed by atoms with Gasteiger partial charge >= 0.3 is 0 Å². The molecule has 0 saturated carbocycles. The molecule has 0 spiro atoms. The Hall–Kier alpha value is -1.57. The number of nitrogens with one attached hydrogen (secondary N) is 1. The fourth-order valence-electron chi connectivity index (χ4n) is 1.47. The zero-order valence-corrected chi connectivity index (χ0v) is 11.5. The molecule has 0 aliphatic heterocycles. The number of hydrogen-bond donors (Lipinski definition) is 1. The van der Waals surface area contributed by atoms with Gasteiger partial charge in [-0.15, -0.1) is 0 Å². The van der Waals surface area contributed by atoms with Crippen LogP contribution in [0.4, 0.5) is 8.78 Å². The standard InChI is InChI=1S/C12H9ClF2N2O2S/c13-12-6-10(3-4-16-12)20(18,19)17-7-8-1-2-9(14)5-11(8)15/h1-6,17H,7H2. The van der Waals surface area contributed by atoms with Crippen molar-refractivity contribution in [2.24, 2.45) is 0 Å². The third-order valence-corrected chi connectivity index (χ3v) is 4.08. The summed E-state index contributed by atoms with van der Waals surface area (Å²) >= 11 is 5.61. The van der Waals surface area contributed by atoms with Crippen LogP contribution in [0.15, 0.2) is 41.4 Å². The predicted molar refractivity (Wildman–Crippen MR) is 69.6 cm³/mol. The number of benzene rings is 1. The molecular weight excluding hydrogens is 310 g/mol. The van der Waals surface area contributed by atoms with Gasteiger partial charge in [0.15, 0.2) is 0 Å². The highest BCUT2D eigenvalue weighted by atomic mass is 35.5. The lowest BCUT2D eigenvalue weighted by atomic mass is 10.2. The smallest absolute Gasteiger partial charge is 0.241 e. The van der Waals surface area contributed by atoms with Gasteiger partial charge in [-0.1, -0.05) is 17.7 Å². The first kappa shape index (κ1) is 14.8. The number of hydrogen-bond acceptors (Lipinski definition) is 3. The molecule has 1 aromatic carbocycles. The van der Waals surface area contributed by atoms with Gasteiger partial charge in [-0.3, -0.25) is 0 Å². The van der Waals surface area contributed by atoms with Gasteiger partial charge in [0.2, 0.25) is 10.0 Å². The van der Waals surface area contributed by atoms with Crippen molar-refractivity contribution in [3.8, 4) is 0 Å². The third kappa shape index (κ3) is 3.50. The van der Waals surface area contributed by atoms with Crippen molar-refractivity contribution in [1.29, 1.82) is 0 Å². The van der Waals surface area contributed by atoms with Gasteiger partial charge in [0.05, 0.1) is 4.90 Å². The summed E-state index contributed by atoms with van der Waals surface area (Å²) in [4.78, 5) is 3.58. The van der Waals surface area contributed by atoms with Gasteiger partial charge in [-0.05, 0) is 18.2 Å². The molecule has 2 rings (SSSR count). The number of sulfonamides is 1. The molecule has 106 valence electrons. The Balaban J connectivity index is 2.17. The van der Waals surface area contributed by atoms with Crippen molar-refractivity contribution in [1.82, 2.24) is 9.71 Å². The monoisotopic (exact) mass is 318 g/mol. The van der Waals surface area contributed by atoms with Crippen molar-refractivity contribution in [2.75, 3.05) is 0 Å². The Morgan fingerprint density at radius 2 is 1.95 bits per heavy atom. The van der Waals surface area contributed by atoms with Gasteiger partial charge in [-0.25, -0.2) is 26.9 Å². The summed E-state index contributed by atoms with van der Waals surface area (Å²) in [7, 11) is -3.84. The first-order valence-electron chi connectivity index (χ1n) is 5.43. The molecule has 4 nitrogen and oxygen atoms in total.